The van der Waals surface area contributed by atoms with E-state index in [1.807, 2.05) is 6.92 Å². The number of benzene rings is 1. The van der Waals surface area contributed by atoms with Crippen LogP contribution < -0.4 is 20.1 Å². The predicted molar refractivity (Wildman–Crippen MR) is 107 cm³/mol. The fourth-order valence-electron chi connectivity index (χ4n) is 2.53. The molecule has 9 nitrogen and oxygen atoms in total. The van der Waals surface area contributed by atoms with Gasteiger partial charge in [0.2, 0.25) is 10.0 Å². The molecule has 3 rings (SSSR count). The van der Waals surface area contributed by atoms with Gasteiger partial charge in [0.25, 0.3) is 0 Å². The first-order chi connectivity index (χ1) is 13.5. The van der Waals surface area contributed by atoms with E-state index in [4.69, 9.17) is 4.74 Å². The maximum Gasteiger partial charge on any atom is 0.319 e. The van der Waals surface area contributed by atoms with Crippen molar-refractivity contribution in [2.45, 2.75) is 6.92 Å². The molecule has 0 spiro atoms. The summed E-state index contributed by atoms with van der Waals surface area (Å²) < 4.78 is 34.0. The largest absolute Gasteiger partial charge is 0.492 e. The van der Waals surface area contributed by atoms with Crippen molar-refractivity contribution in [3.63, 3.8) is 0 Å². The number of aromatic nitrogens is 2. The Morgan fingerprint density at radius 1 is 1.21 bits per heavy atom. The number of fused-ring (bicyclic) bond motifs is 1. The van der Waals surface area contributed by atoms with E-state index in [0.717, 1.165) is 5.52 Å². The number of hydrogen-bond acceptors (Lipinski definition) is 5. The second-order valence-corrected chi connectivity index (χ2v) is 7.69. The summed E-state index contributed by atoms with van der Waals surface area (Å²) in [6.07, 6.45) is 3.29. The molecule has 2 amide bonds. The van der Waals surface area contributed by atoms with Crippen molar-refractivity contribution in [3.05, 3.63) is 54.9 Å². The molecule has 1 aromatic carbocycles. The van der Waals surface area contributed by atoms with Crippen LogP contribution in [0, 0.1) is 0 Å². The zero-order valence-electron chi connectivity index (χ0n) is 15.3. The highest BCUT2D eigenvalue weighted by Gasteiger charge is 2.13. The summed E-state index contributed by atoms with van der Waals surface area (Å²) in [6.45, 7) is 2.27. The van der Waals surface area contributed by atoms with Crippen LogP contribution in [0.25, 0.3) is 5.52 Å². The number of hydrogen-bond donors (Lipinski definition) is 3. The van der Waals surface area contributed by atoms with E-state index in [1.165, 1.54) is 0 Å². The van der Waals surface area contributed by atoms with E-state index < -0.39 is 16.1 Å². The number of rotatable bonds is 8. The number of anilines is 2. The summed E-state index contributed by atoms with van der Waals surface area (Å²) in [7, 11) is -3.62. The molecule has 0 unspecified atom stereocenters. The van der Waals surface area contributed by atoms with E-state index in [-0.39, 0.29) is 12.3 Å². The lowest BCUT2D eigenvalue weighted by Gasteiger charge is -2.12. The summed E-state index contributed by atoms with van der Waals surface area (Å²) in [4.78, 5) is 12.0. The third-order valence-corrected chi connectivity index (χ3v) is 5.05. The van der Waals surface area contributed by atoms with Gasteiger partial charge in [-0.15, -0.1) is 0 Å². The van der Waals surface area contributed by atoms with E-state index >= 15 is 0 Å². The topological polar surface area (TPSA) is 114 Å². The minimum atomic E-state index is -3.62. The Hall–Kier alpha value is -3.27. The van der Waals surface area contributed by atoms with E-state index in [2.05, 4.69) is 20.5 Å². The molecular weight excluding hydrogens is 382 g/mol. The molecule has 0 saturated heterocycles. The minimum Gasteiger partial charge on any atom is -0.492 e. The monoisotopic (exact) mass is 403 g/mol. The van der Waals surface area contributed by atoms with Gasteiger partial charge in [-0.25, -0.2) is 17.7 Å². The van der Waals surface area contributed by atoms with Crippen molar-refractivity contribution in [1.29, 1.82) is 0 Å². The highest BCUT2D eigenvalue weighted by Crippen LogP contribution is 2.23. The number of carbonyl (C=O) groups excluding carboxylic acids is 1. The van der Waals surface area contributed by atoms with Crippen LogP contribution in [0.4, 0.5) is 16.2 Å². The van der Waals surface area contributed by atoms with Crippen molar-refractivity contribution >= 4 is 32.9 Å². The average molecular weight is 403 g/mol. The van der Waals surface area contributed by atoms with Gasteiger partial charge in [-0.1, -0.05) is 12.1 Å². The smallest absolute Gasteiger partial charge is 0.319 e. The van der Waals surface area contributed by atoms with Crippen LogP contribution in [-0.2, 0) is 10.0 Å². The molecule has 10 heteroatoms. The third-order valence-electron chi connectivity index (χ3n) is 3.76. The van der Waals surface area contributed by atoms with Gasteiger partial charge in [0.1, 0.15) is 5.75 Å². The first kappa shape index (κ1) is 19.5. The molecule has 0 fully saturated rings. The Kier molecular flexibility index (Phi) is 5.99. The molecule has 0 radical (unpaired) electrons. The maximum absolute atomic E-state index is 12.2. The maximum atomic E-state index is 12.2. The fraction of sp³-hybridized carbons (Fsp3) is 0.222. The molecule has 148 valence electrons. The molecule has 3 aromatic rings. The van der Waals surface area contributed by atoms with Gasteiger partial charge in [0.05, 0.1) is 29.3 Å². The molecule has 0 atom stereocenters. The Bertz CT molecular complexity index is 1060. The summed E-state index contributed by atoms with van der Waals surface area (Å²) in [6, 6.07) is 11.6. The van der Waals surface area contributed by atoms with Crippen molar-refractivity contribution in [2.75, 3.05) is 28.9 Å². The molecule has 0 aliphatic heterocycles. The first-order valence-electron chi connectivity index (χ1n) is 8.67. The van der Waals surface area contributed by atoms with Crippen molar-refractivity contribution in [1.82, 2.24) is 14.9 Å². The van der Waals surface area contributed by atoms with Crippen LogP contribution in [0.3, 0.4) is 0 Å². The molecule has 2 heterocycles. The summed E-state index contributed by atoms with van der Waals surface area (Å²) >= 11 is 0. The highest BCUT2D eigenvalue weighted by molar-refractivity contribution is 7.92. The molecule has 0 aliphatic rings. The van der Waals surface area contributed by atoms with E-state index in [1.54, 1.807) is 59.4 Å². The molecule has 0 bridgehead atoms. The SMILES string of the molecule is CCOc1ccccc1NC(=O)NCCS(=O)(=O)Nc1ccn2nccc2c1. The van der Waals surface area contributed by atoms with Crippen molar-refractivity contribution < 1.29 is 17.9 Å². The predicted octanol–water partition coefficient (Wildman–Crippen LogP) is 2.30. The number of carbonyl (C=O) groups is 1. The zero-order chi connectivity index (χ0) is 20.0. The van der Waals surface area contributed by atoms with Crippen LogP contribution in [0.15, 0.2) is 54.9 Å². The van der Waals surface area contributed by atoms with Crippen LogP contribution in [-0.4, -0.2) is 43.0 Å². The lowest BCUT2D eigenvalue weighted by molar-refractivity contribution is 0.252. The van der Waals surface area contributed by atoms with Crippen LogP contribution in [0.1, 0.15) is 6.92 Å². The molecule has 0 saturated carbocycles. The number of ether oxygens (including phenoxy) is 1. The molecule has 2 aromatic heterocycles. The molecule has 3 N–H and O–H groups in total. The van der Waals surface area contributed by atoms with Crippen LogP contribution >= 0.6 is 0 Å². The number of para-hydroxylation sites is 2. The molecular formula is C18H21N5O4S. The normalized spacial score (nSPS) is 11.2. The number of nitrogens with zero attached hydrogens (tertiary/aromatic N) is 2. The Morgan fingerprint density at radius 2 is 2.04 bits per heavy atom. The highest BCUT2D eigenvalue weighted by atomic mass is 32.2. The summed E-state index contributed by atoms with van der Waals surface area (Å²) in [5.74, 6) is 0.280. The standard InChI is InChI=1S/C18H21N5O4S/c1-2-27-17-6-4-3-5-16(17)21-18(24)19-10-12-28(25,26)22-14-8-11-23-15(13-14)7-9-20-23/h3-9,11,13,22H,2,10,12H2,1H3,(H2,19,21,24). The number of pyridine rings is 1. The Labute approximate surface area is 162 Å². The second-order valence-electron chi connectivity index (χ2n) is 5.85. The van der Waals surface area contributed by atoms with Gasteiger partial charge in [-0.05, 0) is 37.3 Å². The lowest BCUT2D eigenvalue weighted by atomic mass is 10.3. The van der Waals surface area contributed by atoms with Gasteiger partial charge in [-0.3, -0.25) is 4.72 Å². The van der Waals surface area contributed by atoms with Crippen molar-refractivity contribution in [3.8, 4) is 5.75 Å². The molecule has 28 heavy (non-hydrogen) atoms. The number of sulfonamides is 1. The first-order valence-corrected chi connectivity index (χ1v) is 10.3. The summed E-state index contributed by atoms with van der Waals surface area (Å²) in [5, 5.41) is 9.23. The second kappa shape index (κ2) is 8.61. The average Bonchev–Trinajstić information content (AvgIpc) is 3.11. The number of nitrogens with one attached hydrogen (secondary N) is 3. The van der Waals surface area contributed by atoms with Crippen LogP contribution in [0.5, 0.6) is 5.75 Å². The third kappa shape index (κ3) is 5.13. The number of urea groups is 1. The molecule has 0 aliphatic carbocycles. The number of amides is 2. The summed E-state index contributed by atoms with van der Waals surface area (Å²) in [5.41, 5.74) is 1.71. The van der Waals surface area contributed by atoms with Crippen LogP contribution in [0.2, 0.25) is 0 Å². The minimum absolute atomic E-state index is 0.0487. The van der Waals surface area contributed by atoms with E-state index in [9.17, 15) is 13.2 Å². The zero-order valence-corrected chi connectivity index (χ0v) is 16.1. The van der Waals surface area contributed by atoms with Gasteiger partial charge >= 0.3 is 6.03 Å². The van der Waals surface area contributed by atoms with Gasteiger partial charge < -0.3 is 15.4 Å². The van der Waals surface area contributed by atoms with Gasteiger partial charge in [0.15, 0.2) is 0 Å². The lowest BCUT2D eigenvalue weighted by Crippen LogP contribution is -2.34. The Balaban J connectivity index is 1.51. The van der Waals surface area contributed by atoms with Gasteiger partial charge in [-0.2, -0.15) is 5.10 Å². The fourth-order valence-corrected chi connectivity index (χ4v) is 3.49. The Morgan fingerprint density at radius 3 is 2.86 bits per heavy atom. The van der Waals surface area contributed by atoms with E-state index in [0.29, 0.717) is 23.7 Å². The quantitative estimate of drug-likeness (QED) is 0.534. The van der Waals surface area contributed by atoms with Crippen molar-refractivity contribution in [2.24, 2.45) is 0 Å². The van der Waals surface area contributed by atoms with Gasteiger partial charge in [0, 0.05) is 18.9 Å².